The van der Waals surface area contributed by atoms with E-state index in [9.17, 15) is 18.0 Å². The van der Waals surface area contributed by atoms with Crippen LogP contribution in [0.25, 0.3) is 0 Å². The Morgan fingerprint density at radius 1 is 1.40 bits per heavy atom. The molecule has 1 saturated heterocycles. The van der Waals surface area contributed by atoms with E-state index >= 15 is 0 Å². The van der Waals surface area contributed by atoms with E-state index in [-0.39, 0.29) is 23.4 Å². The summed E-state index contributed by atoms with van der Waals surface area (Å²) in [5.74, 6) is -0.428. The van der Waals surface area contributed by atoms with E-state index < -0.39 is 10.0 Å². The molecule has 2 heterocycles. The Morgan fingerprint density at radius 3 is 2.60 bits per heavy atom. The van der Waals surface area contributed by atoms with Gasteiger partial charge in [0.1, 0.15) is 0 Å². The summed E-state index contributed by atoms with van der Waals surface area (Å²) in [5, 5.41) is 5.02. The van der Waals surface area contributed by atoms with Crippen molar-refractivity contribution < 1.29 is 18.0 Å². The highest BCUT2D eigenvalue weighted by Crippen LogP contribution is 2.23. The first kappa shape index (κ1) is 15.1. The zero-order valence-electron chi connectivity index (χ0n) is 11.0. The SMILES string of the molecule is CC(=O)c1ccc(C(=O)N2CC[C@H](CS(N)(=O)=O)C2)s1. The van der Waals surface area contributed by atoms with Crippen molar-refractivity contribution in [2.75, 3.05) is 18.8 Å². The van der Waals surface area contributed by atoms with E-state index in [0.29, 0.717) is 29.3 Å². The van der Waals surface area contributed by atoms with Gasteiger partial charge >= 0.3 is 0 Å². The number of rotatable bonds is 4. The van der Waals surface area contributed by atoms with Crippen LogP contribution in [0.4, 0.5) is 0 Å². The van der Waals surface area contributed by atoms with Crippen LogP contribution in [0.5, 0.6) is 0 Å². The standard InChI is InChI=1S/C12H16N2O4S2/c1-8(15)10-2-3-11(19-10)12(16)14-5-4-9(6-14)7-20(13,17)18/h2-3,9H,4-7H2,1H3,(H2,13,17,18)/t9-/m0/s1. The molecular weight excluding hydrogens is 300 g/mol. The molecule has 2 rings (SSSR count). The Balaban J connectivity index is 2.02. The van der Waals surface area contributed by atoms with Gasteiger partial charge in [-0.15, -0.1) is 11.3 Å². The summed E-state index contributed by atoms with van der Waals surface area (Å²) >= 11 is 1.17. The van der Waals surface area contributed by atoms with Crippen LogP contribution in [-0.4, -0.2) is 43.9 Å². The average Bonchev–Trinajstić information content (AvgIpc) is 2.93. The van der Waals surface area contributed by atoms with Gasteiger partial charge in [0.25, 0.3) is 5.91 Å². The molecule has 1 aliphatic rings. The van der Waals surface area contributed by atoms with Gasteiger partial charge in [-0.05, 0) is 31.4 Å². The average molecular weight is 316 g/mol. The largest absolute Gasteiger partial charge is 0.338 e. The molecule has 0 radical (unpaired) electrons. The molecular formula is C12H16N2O4S2. The molecule has 0 aromatic carbocycles. The molecule has 20 heavy (non-hydrogen) atoms. The molecule has 1 fully saturated rings. The number of primary sulfonamides is 1. The molecule has 110 valence electrons. The number of nitrogens with two attached hydrogens (primary N) is 1. The van der Waals surface area contributed by atoms with Gasteiger partial charge < -0.3 is 4.90 Å². The minimum Gasteiger partial charge on any atom is -0.338 e. The third-order valence-corrected chi connectivity index (χ3v) is 5.31. The molecule has 8 heteroatoms. The Kier molecular flexibility index (Phi) is 4.26. The number of nitrogens with zero attached hydrogens (tertiary/aromatic N) is 1. The molecule has 0 unspecified atom stereocenters. The number of likely N-dealkylation sites (tertiary alicyclic amines) is 1. The maximum atomic E-state index is 12.2. The third-order valence-electron chi connectivity index (χ3n) is 3.20. The van der Waals surface area contributed by atoms with Crippen LogP contribution >= 0.6 is 11.3 Å². The molecule has 1 aliphatic heterocycles. The maximum absolute atomic E-state index is 12.2. The van der Waals surface area contributed by atoms with Crippen LogP contribution in [0.1, 0.15) is 32.7 Å². The summed E-state index contributed by atoms with van der Waals surface area (Å²) < 4.78 is 22.1. The minimum absolute atomic E-state index is 0.0671. The highest BCUT2D eigenvalue weighted by molar-refractivity contribution is 7.89. The Bertz CT molecular complexity index is 636. The lowest BCUT2D eigenvalue weighted by molar-refractivity contribution is 0.0793. The fourth-order valence-corrected chi connectivity index (χ4v) is 4.08. The molecule has 1 aromatic rings. The zero-order valence-corrected chi connectivity index (χ0v) is 12.7. The van der Waals surface area contributed by atoms with Crippen molar-refractivity contribution in [3.8, 4) is 0 Å². The summed E-state index contributed by atoms with van der Waals surface area (Å²) in [6.45, 7) is 2.37. The molecule has 1 atom stereocenters. The highest BCUT2D eigenvalue weighted by Gasteiger charge is 2.30. The van der Waals surface area contributed by atoms with Gasteiger partial charge in [-0.25, -0.2) is 13.6 Å². The second-order valence-electron chi connectivity index (χ2n) is 4.96. The van der Waals surface area contributed by atoms with Crippen molar-refractivity contribution >= 4 is 33.1 Å². The van der Waals surface area contributed by atoms with Crippen LogP contribution in [0.2, 0.25) is 0 Å². The minimum atomic E-state index is -3.51. The number of carbonyl (C=O) groups excluding carboxylic acids is 2. The van der Waals surface area contributed by atoms with Crippen LogP contribution in [0.3, 0.4) is 0 Å². The van der Waals surface area contributed by atoms with E-state index in [1.165, 1.54) is 18.3 Å². The van der Waals surface area contributed by atoms with E-state index in [1.54, 1.807) is 17.0 Å². The highest BCUT2D eigenvalue weighted by atomic mass is 32.2. The lowest BCUT2D eigenvalue weighted by atomic mass is 10.2. The lowest BCUT2D eigenvalue weighted by Gasteiger charge is -2.15. The first-order chi connectivity index (χ1) is 9.26. The first-order valence-electron chi connectivity index (χ1n) is 6.17. The maximum Gasteiger partial charge on any atom is 0.263 e. The molecule has 6 nitrogen and oxygen atoms in total. The van der Waals surface area contributed by atoms with Gasteiger partial charge in [-0.3, -0.25) is 9.59 Å². The van der Waals surface area contributed by atoms with E-state index in [1.807, 2.05) is 0 Å². The number of amides is 1. The molecule has 0 bridgehead atoms. The summed E-state index contributed by atoms with van der Waals surface area (Å²) in [4.78, 5) is 26.1. The summed E-state index contributed by atoms with van der Waals surface area (Å²) in [5.41, 5.74) is 0. The Morgan fingerprint density at radius 2 is 2.05 bits per heavy atom. The van der Waals surface area contributed by atoms with Crippen LogP contribution in [-0.2, 0) is 10.0 Å². The van der Waals surface area contributed by atoms with Crippen molar-refractivity contribution in [2.24, 2.45) is 11.1 Å². The van der Waals surface area contributed by atoms with E-state index in [4.69, 9.17) is 5.14 Å². The Hall–Kier alpha value is -1.25. The van der Waals surface area contributed by atoms with E-state index in [0.717, 1.165) is 0 Å². The van der Waals surface area contributed by atoms with Gasteiger partial charge in [-0.2, -0.15) is 0 Å². The van der Waals surface area contributed by atoms with Gasteiger partial charge in [0, 0.05) is 13.1 Å². The second kappa shape index (κ2) is 5.63. The third kappa shape index (κ3) is 3.65. The molecule has 1 amide bonds. The topological polar surface area (TPSA) is 97.5 Å². The molecule has 0 saturated carbocycles. The van der Waals surface area contributed by atoms with Crippen LogP contribution in [0.15, 0.2) is 12.1 Å². The van der Waals surface area contributed by atoms with E-state index in [2.05, 4.69) is 0 Å². The van der Waals surface area contributed by atoms with Crippen molar-refractivity contribution in [1.82, 2.24) is 4.90 Å². The summed E-state index contributed by atoms with van der Waals surface area (Å²) in [6.07, 6.45) is 0.632. The number of Topliss-reactive ketones (excluding diaryl/α,β-unsaturated/α-hetero) is 1. The smallest absolute Gasteiger partial charge is 0.263 e. The van der Waals surface area contributed by atoms with Gasteiger partial charge in [-0.1, -0.05) is 0 Å². The first-order valence-corrected chi connectivity index (χ1v) is 8.70. The summed E-state index contributed by atoms with van der Waals surface area (Å²) in [6, 6.07) is 3.27. The number of sulfonamides is 1. The van der Waals surface area contributed by atoms with Crippen molar-refractivity contribution in [3.05, 3.63) is 21.9 Å². The van der Waals surface area contributed by atoms with Crippen molar-refractivity contribution in [3.63, 3.8) is 0 Å². The predicted octanol–water partition coefficient (Wildman–Crippen LogP) is 0.701. The quantitative estimate of drug-likeness (QED) is 0.827. The lowest BCUT2D eigenvalue weighted by Crippen LogP contribution is -2.30. The normalized spacial score (nSPS) is 19.3. The number of hydrogen-bond acceptors (Lipinski definition) is 5. The summed E-state index contributed by atoms with van der Waals surface area (Å²) in [7, 11) is -3.51. The fourth-order valence-electron chi connectivity index (χ4n) is 2.28. The Labute approximate surface area is 121 Å². The molecule has 0 aliphatic carbocycles. The number of carbonyl (C=O) groups is 2. The molecule has 0 spiro atoms. The molecule has 1 aromatic heterocycles. The van der Waals surface area contributed by atoms with Crippen LogP contribution in [0, 0.1) is 5.92 Å². The number of hydrogen-bond donors (Lipinski definition) is 1. The van der Waals surface area contributed by atoms with Gasteiger partial charge in [0.15, 0.2) is 5.78 Å². The van der Waals surface area contributed by atoms with Gasteiger partial charge in [0.05, 0.1) is 15.5 Å². The monoisotopic (exact) mass is 316 g/mol. The number of thiophene rings is 1. The second-order valence-corrected chi connectivity index (χ2v) is 7.70. The predicted molar refractivity (Wildman–Crippen MR) is 76.3 cm³/mol. The van der Waals surface area contributed by atoms with Crippen molar-refractivity contribution in [1.29, 1.82) is 0 Å². The van der Waals surface area contributed by atoms with Crippen molar-refractivity contribution in [2.45, 2.75) is 13.3 Å². The fraction of sp³-hybridized carbons (Fsp3) is 0.500. The molecule has 2 N–H and O–H groups in total. The van der Waals surface area contributed by atoms with Gasteiger partial charge in [0.2, 0.25) is 10.0 Å². The van der Waals surface area contributed by atoms with Crippen LogP contribution < -0.4 is 5.14 Å². The number of ketones is 1. The zero-order chi connectivity index (χ0) is 14.9.